The maximum atomic E-state index is 3.41. The molecule has 0 aliphatic carbocycles. The van der Waals surface area contributed by atoms with E-state index in [2.05, 4.69) is 40.2 Å². The summed E-state index contributed by atoms with van der Waals surface area (Å²) in [6.07, 6.45) is 1.34. The molecule has 2 nitrogen and oxygen atoms in total. The van der Waals surface area contributed by atoms with Gasteiger partial charge in [-0.2, -0.15) is 11.8 Å². The second-order valence-electron chi connectivity index (χ2n) is 4.95. The van der Waals surface area contributed by atoms with Crippen LogP contribution in [0.1, 0.15) is 23.1 Å². The lowest BCUT2D eigenvalue weighted by Crippen LogP contribution is -2.25. The molecule has 0 spiro atoms. The number of rotatable bonds is 2. The lowest BCUT2D eigenvalue weighted by atomic mass is 10.1. The fourth-order valence-electron chi connectivity index (χ4n) is 2.66. The Labute approximate surface area is 108 Å². The third-order valence-corrected chi connectivity index (χ3v) is 4.67. The molecular weight excluding hydrogens is 228 g/mol. The summed E-state index contributed by atoms with van der Waals surface area (Å²) in [4.78, 5) is 2.60. The van der Waals surface area contributed by atoms with Crippen molar-refractivity contribution in [1.82, 2.24) is 10.2 Å². The van der Waals surface area contributed by atoms with Gasteiger partial charge in [-0.3, -0.25) is 4.90 Å². The highest BCUT2D eigenvalue weighted by atomic mass is 32.2. The van der Waals surface area contributed by atoms with Gasteiger partial charge in [0.1, 0.15) is 0 Å². The lowest BCUT2D eigenvalue weighted by Gasteiger charge is -2.19. The number of nitrogens with one attached hydrogen (secondary N) is 1. The summed E-state index contributed by atoms with van der Waals surface area (Å²) < 4.78 is 0. The van der Waals surface area contributed by atoms with E-state index in [-0.39, 0.29) is 0 Å². The first-order valence-corrected chi connectivity index (χ1v) is 7.69. The fraction of sp³-hybridized carbons (Fsp3) is 0.571. The van der Waals surface area contributed by atoms with Crippen LogP contribution in [0.15, 0.2) is 18.2 Å². The van der Waals surface area contributed by atoms with Gasteiger partial charge in [0.05, 0.1) is 0 Å². The minimum absolute atomic E-state index is 1.05. The van der Waals surface area contributed by atoms with Crippen LogP contribution in [0.2, 0.25) is 0 Å². The number of fused-ring (bicyclic) bond motifs is 1. The van der Waals surface area contributed by atoms with Crippen molar-refractivity contribution in [3.63, 3.8) is 0 Å². The molecule has 3 heteroatoms. The van der Waals surface area contributed by atoms with Gasteiger partial charge < -0.3 is 5.32 Å². The van der Waals surface area contributed by atoms with Crippen LogP contribution < -0.4 is 5.32 Å². The Morgan fingerprint density at radius 3 is 3.06 bits per heavy atom. The largest absolute Gasteiger partial charge is 0.309 e. The topological polar surface area (TPSA) is 15.3 Å². The summed E-state index contributed by atoms with van der Waals surface area (Å²) in [6, 6.07) is 7.01. The van der Waals surface area contributed by atoms with E-state index in [9.17, 15) is 0 Å². The van der Waals surface area contributed by atoms with Crippen LogP contribution in [0.25, 0.3) is 0 Å². The lowest BCUT2D eigenvalue weighted by molar-refractivity contribution is 0.287. The SMILES string of the molecule is c1cc2c(cc1CN1CCCSCC1)CNC2. The molecular formula is C14H20N2S. The van der Waals surface area contributed by atoms with Crippen LogP contribution in [0.3, 0.4) is 0 Å². The number of hydrogen-bond acceptors (Lipinski definition) is 3. The maximum Gasteiger partial charge on any atom is 0.0234 e. The van der Waals surface area contributed by atoms with Crippen molar-refractivity contribution >= 4 is 11.8 Å². The summed E-state index contributed by atoms with van der Waals surface area (Å²) in [7, 11) is 0. The molecule has 1 aromatic carbocycles. The van der Waals surface area contributed by atoms with Crippen LogP contribution >= 0.6 is 11.8 Å². The van der Waals surface area contributed by atoms with E-state index in [0.717, 1.165) is 19.6 Å². The Kier molecular flexibility index (Phi) is 3.69. The van der Waals surface area contributed by atoms with Crippen LogP contribution in [0.5, 0.6) is 0 Å². The van der Waals surface area contributed by atoms with Crippen molar-refractivity contribution in [3.8, 4) is 0 Å². The summed E-state index contributed by atoms with van der Waals surface area (Å²) in [5.41, 5.74) is 4.48. The Morgan fingerprint density at radius 2 is 2.06 bits per heavy atom. The van der Waals surface area contributed by atoms with Crippen molar-refractivity contribution in [2.75, 3.05) is 24.6 Å². The fourth-order valence-corrected chi connectivity index (χ4v) is 3.59. The van der Waals surface area contributed by atoms with E-state index < -0.39 is 0 Å². The summed E-state index contributed by atoms with van der Waals surface area (Å²) in [5.74, 6) is 2.64. The quantitative estimate of drug-likeness (QED) is 0.864. The Hall–Kier alpha value is -0.510. The van der Waals surface area contributed by atoms with Crippen molar-refractivity contribution in [3.05, 3.63) is 34.9 Å². The first kappa shape index (κ1) is 11.6. The monoisotopic (exact) mass is 248 g/mol. The molecule has 92 valence electrons. The van der Waals surface area contributed by atoms with Gasteiger partial charge in [-0.25, -0.2) is 0 Å². The van der Waals surface area contributed by atoms with Crippen LogP contribution in [0.4, 0.5) is 0 Å². The van der Waals surface area contributed by atoms with E-state index in [0.29, 0.717) is 0 Å². The molecule has 2 aliphatic rings. The van der Waals surface area contributed by atoms with Crippen molar-refractivity contribution < 1.29 is 0 Å². The third kappa shape index (κ3) is 2.84. The first-order chi connectivity index (χ1) is 8.42. The van der Waals surface area contributed by atoms with Gasteiger partial charge in [0.15, 0.2) is 0 Å². The Morgan fingerprint density at radius 1 is 1.12 bits per heavy atom. The summed E-state index contributed by atoms with van der Waals surface area (Å²) in [6.45, 7) is 5.76. The molecule has 0 atom stereocenters. The highest BCUT2D eigenvalue weighted by molar-refractivity contribution is 7.99. The average Bonchev–Trinajstić information content (AvgIpc) is 2.65. The van der Waals surface area contributed by atoms with Gasteiger partial charge in [0.2, 0.25) is 0 Å². The number of benzene rings is 1. The number of thioether (sulfide) groups is 1. The van der Waals surface area contributed by atoms with E-state index in [1.165, 1.54) is 47.7 Å². The molecule has 1 aromatic rings. The van der Waals surface area contributed by atoms with Gasteiger partial charge in [-0.15, -0.1) is 0 Å². The number of nitrogens with zero attached hydrogens (tertiary/aromatic N) is 1. The van der Waals surface area contributed by atoms with E-state index >= 15 is 0 Å². The average molecular weight is 248 g/mol. The molecule has 0 bridgehead atoms. The third-order valence-electron chi connectivity index (χ3n) is 3.62. The molecule has 17 heavy (non-hydrogen) atoms. The molecule has 0 amide bonds. The molecule has 1 fully saturated rings. The molecule has 0 saturated carbocycles. The summed E-state index contributed by atoms with van der Waals surface area (Å²) in [5, 5.41) is 3.41. The zero-order valence-electron chi connectivity index (χ0n) is 10.2. The second-order valence-corrected chi connectivity index (χ2v) is 6.17. The van der Waals surface area contributed by atoms with Gasteiger partial charge in [-0.1, -0.05) is 18.2 Å². The molecule has 1 N–H and O–H groups in total. The van der Waals surface area contributed by atoms with Crippen molar-refractivity contribution in [1.29, 1.82) is 0 Å². The van der Waals surface area contributed by atoms with Crippen molar-refractivity contribution in [2.45, 2.75) is 26.1 Å². The van der Waals surface area contributed by atoms with E-state index in [4.69, 9.17) is 0 Å². The van der Waals surface area contributed by atoms with Crippen LogP contribution in [-0.4, -0.2) is 29.5 Å². The van der Waals surface area contributed by atoms with Crippen LogP contribution in [-0.2, 0) is 19.6 Å². The highest BCUT2D eigenvalue weighted by Crippen LogP contribution is 2.19. The van der Waals surface area contributed by atoms with Crippen molar-refractivity contribution in [2.24, 2.45) is 0 Å². The second kappa shape index (κ2) is 5.42. The molecule has 0 unspecified atom stereocenters. The molecule has 3 rings (SSSR count). The maximum absolute atomic E-state index is 3.41. The zero-order chi connectivity index (χ0) is 11.5. The van der Waals surface area contributed by atoms with E-state index in [1.807, 2.05) is 0 Å². The highest BCUT2D eigenvalue weighted by Gasteiger charge is 2.13. The van der Waals surface area contributed by atoms with Gasteiger partial charge in [-0.05, 0) is 35.4 Å². The van der Waals surface area contributed by atoms with Gasteiger partial charge in [0.25, 0.3) is 0 Å². The predicted octanol–water partition coefficient (Wildman–Crippen LogP) is 2.23. The Bertz CT molecular complexity index is 384. The molecule has 2 aliphatic heterocycles. The minimum atomic E-state index is 1.05. The Balaban J connectivity index is 1.67. The van der Waals surface area contributed by atoms with Gasteiger partial charge >= 0.3 is 0 Å². The smallest absolute Gasteiger partial charge is 0.0234 e. The van der Waals surface area contributed by atoms with Crippen LogP contribution in [0, 0.1) is 0 Å². The van der Waals surface area contributed by atoms with E-state index in [1.54, 1.807) is 0 Å². The summed E-state index contributed by atoms with van der Waals surface area (Å²) >= 11 is 2.10. The molecule has 1 saturated heterocycles. The molecule has 0 radical (unpaired) electrons. The minimum Gasteiger partial charge on any atom is -0.309 e. The predicted molar refractivity (Wildman–Crippen MR) is 74.2 cm³/mol. The first-order valence-electron chi connectivity index (χ1n) is 6.53. The standard InChI is InChI=1S/C14H20N2S/c1-4-16(5-7-17-6-1)11-12-2-3-13-9-15-10-14(13)8-12/h2-3,8,15H,1,4-7,9-11H2. The van der Waals surface area contributed by atoms with Gasteiger partial charge in [0, 0.05) is 31.9 Å². The zero-order valence-corrected chi connectivity index (χ0v) is 11.1. The molecule has 0 aromatic heterocycles. The normalized spacial score (nSPS) is 21.2. The number of hydrogen-bond donors (Lipinski definition) is 1. The molecule has 2 heterocycles.